The molecule has 0 amide bonds. The van der Waals surface area contributed by atoms with Crippen LogP contribution < -0.4 is 4.74 Å². The zero-order valence-corrected chi connectivity index (χ0v) is 31.3. The smallest absolute Gasteiger partial charge is 0.128 e. The number of rotatable bonds is 2. The van der Waals surface area contributed by atoms with Crippen molar-refractivity contribution >= 4 is 70.2 Å². The molecule has 2 unspecified atom stereocenters. The lowest BCUT2D eigenvalue weighted by Crippen LogP contribution is -2.17. The average molecular weight is 683 g/mol. The highest BCUT2D eigenvalue weighted by Gasteiger charge is 2.34. The zero-order valence-electron chi connectivity index (χ0n) is 31.3. The highest BCUT2D eigenvalue weighted by molar-refractivity contribution is 6.27. The molecule has 0 saturated heterocycles. The second-order valence-corrected chi connectivity index (χ2v) is 17.6. The third-order valence-corrected chi connectivity index (χ3v) is 12.4. The van der Waals surface area contributed by atoms with E-state index in [0.29, 0.717) is 0 Å². The Bertz CT molecular complexity index is 3050. The van der Waals surface area contributed by atoms with Crippen LogP contribution in [0.1, 0.15) is 69.7 Å². The first-order valence-corrected chi connectivity index (χ1v) is 19.2. The van der Waals surface area contributed by atoms with E-state index < -0.39 is 0 Å². The summed E-state index contributed by atoms with van der Waals surface area (Å²) in [6.07, 6.45) is 7.02. The molecule has 1 heterocycles. The molecule has 1 heteroatoms. The van der Waals surface area contributed by atoms with E-state index in [1.807, 2.05) is 0 Å². The molecule has 256 valence electrons. The van der Waals surface area contributed by atoms with Crippen molar-refractivity contribution in [2.75, 3.05) is 0 Å². The first-order valence-electron chi connectivity index (χ1n) is 19.2. The van der Waals surface area contributed by atoms with Crippen LogP contribution in [0.3, 0.4) is 0 Å². The van der Waals surface area contributed by atoms with Crippen molar-refractivity contribution in [2.24, 2.45) is 0 Å². The normalized spacial score (nSPS) is 17.4. The fourth-order valence-corrected chi connectivity index (χ4v) is 9.86. The molecule has 1 nitrogen and oxygen atoms in total. The average Bonchev–Trinajstić information content (AvgIpc) is 3.52. The van der Waals surface area contributed by atoms with E-state index in [0.717, 1.165) is 5.75 Å². The van der Waals surface area contributed by atoms with E-state index >= 15 is 0 Å². The second-order valence-electron chi connectivity index (χ2n) is 17.6. The van der Waals surface area contributed by atoms with Gasteiger partial charge in [-0.05, 0) is 127 Å². The van der Waals surface area contributed by atoms with Gasteiger partial charge in [0.25, 0.3) is 0 Å². The van der Waals surface area contributed by atoms with Gasteiger partial charge in [-0.1, -0.05) is 157 Å². The summed E-state index contributed by atoms with van der Waals surface area (Å²) in [5, 5.41) is 16.1. The van der Waals surface area contributed by atoms with E-state index in [1.54, 1.807) is 0 Å². The third kappa shape index (κ3) is 4.37. The summed E-state index contributed by atoms with van der Waals surface area (Å²) in [5.41, 5.74) is 9.26. The minimum absolute atomic E-state index is 0.00435. The Kier molecular flexibility index (Phi) is 6.11. The monoisotopic (exact) mass is 682 g/mol. The van der Waals surface area contributed by atoms with Gasteiger partial charge in [0.15, 0.2) is 0 Å². The fraction of sp³-hybridized carbons (Fsp3) is 0.192. The minimum Gasteiger partial charge on any atom is -0.485 e. The third-order valence-electron chi connectivity index (χ3n) is 12.4. The molecule has 53 heavy (non-hydrogen) atoms. The van der Waals surface area contributed by atoms with Gasteiger partial charge in [0.1, 0.15) is 11.9 Å². The Hall–Kier alpha value is -5.66. The van der Waals surface area contributed by atoms with E-state index in [1.165, 1.54) is 104 Å². The standard InChI is InChI=1S/C52H42O/c1-51(2,3)43-23-13-31-9-19-37-35(17-7-29-11-21-39(43)49(31)47(29)37)33-15-25-45-41(27-33)42-28-34(16-26-46(42)53-45)36-18-8-30-12-22-40-44(52(4,5)6)24-14-32-10-20-38(36)48(30)50(32)40/h7-28,41,45H,1-6H3. The molecule has 11 rings (SSSR count). The first kappa shape index (κ1) is 30.9. The molecule has 0 radical (unpaired) electrons. The Morgan fingerprint density at radius 1 is 0.472 bits per heavy atom. The molecule has 1 aliphatic carbocycles. The molecule has 1 aliphatic heterocycles. The van der Waals surface area contributed by atoms with Crippen LogP contribution in [-0.4, -0.2) is 6.10 Å². The minimum atomic E-state index is -0.00435. The Morgan fingerprint density at radius 3 is 1.51 bits per heavy atom. The lowest BCUT2D eigenvalue weighted by atomic mass is 9.80. The van der Waals surface area contributed by atoms with Gasteiger partial charge >= 0.3 is 0 Å². The molecular formula is C52H42O. The maximum atomic E-state index is 6.60. The van der Waals surface area contributed by atoms with Crippen molar-refractivity contribution in [2.45, 2.75) is 64.4 Å². The highest BCUT2D eigenvalue weighted by Crippen LogP contribution is 2.49. The molecule has 0 bridgehead atoms. The maximum Gasteiger partial charge on any atom is 0.128 e. The van der Waals surface area contributed by atoms with Gasteiger partial charge in [0.05, 0.1) is 0 Å². The van der Waals surface area contributed by atoms with E-state index in [-0.39, 0.29) is 22.9 Å². The predicted octanol–water partition coefficient (Wildman–Crippen LogP) is 14.2. The number of benzene rings is 9. The van der Waals surface area contributed by atoms with Crippen molar-refractivity contribution in [1.82, 2.24) is 0 Å². The van der Waals surface area contributed by atoms with Crippen LogP contribution in [0.2, 0.25) is 0 Å². The van der Waals surface area contributed by atoms with Gasteiger partial charge in [-0.15, -0.1) is 0 Å². The molecule has 9 aromatic rings. The SMILES string of the molecule is CC(C)(C)c1ccc2ccc3c(C4=CC5c6cc(-c7ccc8ccc9c(C(C)(C)C)ccc%10ccc7c8c%109)ccc6OC5C=C4)ccc4ccc1c2c43. The zero-order chi connectivity index (χ0) is 36.0. The van der Waals surface area contributed by atoms with Crippen LogP contribution >= 0.6 is 0 Å². The van der Waals surface area contributed by atoms with Gasteiger partial charge in [0, 0.05) is 11.5 Å². The quantitative estimate of drug-likeness (QED) is 0.165. The van der Waals surface area contributed by atoms with Gasteiger partial charge in [-0.3, -0.25) is 0 Å². The molecule has 0 fully saturated rings. The number of hydrogen-bond acceptors (Lipinski definition) is 1. The summed E-state index contributed by atoms with van der Waals surface area (Å²) in [4.78, 5) is 0. The first-order chi connectivity index (χ1) is 25.5. The Labute approximate surface area is 310 Å². The van der Waals surface area contributed by atoms with Crippen LogP contribution in [0, 0.1) is 0 Å². The topological polar surface area (TPSA) is 9.23 Å². The molecule has 9 aromatic carbocycles. The molecule has 0 spiro atoms. The van der Waals surface area contributed by atoms with Gasteiger partial charge in [-0.25, -0.2) is 0 Å². The largest absolute Gasteiger partial charge is 0.485 e. The number of ether oxygens (including phenoxy) is 1. The van der Waals surface area contributed by atoms with Crippen molar-refractivity contribution in [1.29, 1.82) is 0 Å². The van der Waals surface area contributed by atoms with Gasteiger partial charge in [-0.2, -0.15) is 0 Å². The molecule has 0 aromatic heterocycles. The summed E-state index contributed by atoms with van der Waals surface area (Å²) in [6, 6.07) is 44.0. The lowest BCUT2D eigenvalue weighted by molar-refractivity contribution is 0.269. The number of hydrogen-bond donors (Lipinski definition) is 0. The summed E-state index contributed by atoms with van der Waals surface area (Å²) >= 11 is 0. The van der Waals surface area contributed by atoms with Crippen molar-refractivity contribution in [3.05, 3.63) is 156 Å². The molecule has 2 aliphatic rings. The molecular weight excluding hydrogens is 641 g/mol. The summed E-state index contributed by atoms with van der Waals surface area (Å²) in [5.74, 6) is 1.13. The van der Waals surface area contributed by atoms with Crippen molar-refractivity contribution < 1.29 is 4.74 Å². The Morgan fingerprint density at radius 2 is 0.943 bits per heavy atom. The van der Waals surface area contributed by atoms with Crippen molar-refractivity contribution in [3.63, 3.8) is 0 Å². The summed E-state index contributed by atoms with van der Waals surface area (Å²) in [6.45, 7) is 13.9. The van der Waals surface area contributed by atoms with E-state index in [9.17, 15) is 0 Å². The van der Waals surface area contributed by atoms with E-state index in [2.05, 4.69) is 175 Å². The Balaban J connectivity index is 1.05. The van der Waals surface area contributed by atoms with Crippen LogP contribution in [0.5, 0.6) is 5.75 Å². The molecule has 0 saturated carbocycles. The van der Waals surface area contributed by atoms with Gasteiger partial charge in [0.2, 0.25) is 0 Å². The number of fused-ring (bicyclic) bond motifs is 3. The van der Waals surface area contributed by atoms with Crippen LogP contribution in [0.15, 0.2) is 133 Å². The van der Waals surface area contributed by atoms with Crippen LogP contribution in [0.4, 0.5) is 0 Å². The lowest BCUT2D eigenvalue weighted by Gasteiger charge is -2.24. The molecule has 0 N–H and O–H groups in total. The molecule has 2 atom stereocenters. The van der Waals surface area contributed by atoms with Crippen molar-refractivity contribution in [3.8, 4) is 16.9 Å². The summed E-state index contributed by atoms with van der Waals surface area (Å²) in [7, 11) is 0. The predicted molar refractivity (Wildman–Crippen MR) is 227 cm³/mol. The van der Waals surface area contributed by atoms with Crippen LogP contribution in [0.25, 0.3) is 81.3 Å². The number of allylic oxidation sites excluding steroid dienone is 2. The van der Waals surface area contributed by atoms with E-state index in [4.69, 9.17) is 4.74 Å². The maximum absolute atomic E-state index is 6.60. The fourth-order valence-electron chi connectivity index (χ4n) is 9.86. The summed E-state index contributed by atoms with van der Waals surface area (Å²) < 4.78 is 6.60. The second kappa shape index (κ2) is 10.5. The highest BCUT2D eigenvalue weighted by atomic mass is 16.5. The van der Waals surface area contributed by atoms with Gasteiger partial charge < -0.3 is 4.74 Å². The van der Waals surface area contributed by atoms with Crippen LogP contribution in [-0.2, 0) is 10.8 Å².